The van der Waals surface area contributed by atoms with E-state index < -0.39 is 0 Å². The molecule has 148 valence electrons. The van der Waals surface area contributed by atoms with Crippen LogP contribution in [0.4, 0.5) is 0 Å². The van der Waals surface area contributed by atoms with Crippen LogP contribution < -0.4 is 10.6 Å². The third-order valence-corrected chi connectivity index (χ3v) is 5.92. The second kappa shape index (κ2) is 11.6. The quantitative estimate of drug-likeness (QED) is 0.345. The molecule has 7 heteroatoms. The van der Waals surface area contributed by atoms with Gasteiger partial charge in [0.25, 0.3) is 0 Å². The van der Waals surface area contributed by atoms with Gasteiger partial charge < -0.3 is 10.6 Å². The topological polar surface area (TPSA) is 54.2 Å². The molecule has 0 saturated heterocycles. The number of aliphatic imine (C=N–C) groups is 1. The number of nitrogens with one attached hydrogen (secondary N) is 2. The van der Waals surface area contributed by atoms with Crippen molar-refractivity contribution in [3.05, 3.63) is 53.9 Å². The lowest BCUT2D eigenvalue weighted by molar-refractivity contribution is 0.614. The molecule has 0 aliphatic heterocycles. The first-order valence-corrected chi connectivity index (χ1v) is 10.7. The summed E-state index contributed by atoms with van der Waals surface area (Å²) in [5, 5.41) is 12.1. The molecule has 1 aliphatic rings. The minimum absolute atomic E-state index is 0. The van der Waals surface area contributed by atoms with E-state index in [1.807, 2.05) is 34.9 Å². The maximum absolute atomic E-state index is 4.85. The number of hydrogen-bond donors (Lipinski definition) is 2. The van der Waals surface area contributed by atoms with E-state index in [-0.39, 0.29) is 24.0 Å². The van der Waals surface area contributed by atoms with E-state index in [0.717, 1.165) is 24.3 Å². The number of aromatic nitrogens is 2. The van der Waals surface area contributed by atoms with Crippen molar-refractivity contribution in [3.63, 3.8) is 0 Å². The Morgan fingerprint density at radius 3 is 2.74 bits per heavy atom. The maximum Gasteiger partial charge on any atom is 0.191 e. The third kappa shape index (κ3) is 6.71. The molecule has 2 aromatic rings. The second-order valence-electron chi connectivity index (χ2n) is 6.68. The lowest BCUT2D eigenvalue weighted by atomic mass is 10.1. The lowest BCUT2D eigenvalue weighted by Crippen LogP contribution is -2.42. The lowest BCUT2D eigenvalue weighted by Gasteiger charge is -2.17. The van der Waals surface area contributed by atoms with Gasteiger partial charge in [-0.05, 0) is 49.6 Å². The first-order valence-electron chi connectivity index (χ1n) is 9.40. The summed E-state index contributed by atoms with van der Waals surface area (Å²) in [5.41, 5.74) is 2.51. The summed E-state index contributed by atoms with van der Waals surface area (Å²) in [7, 11) is 0. The number of thioether (sulfide) groups is 1. The van der Waals surface area contributed by atoms with Gasteiger partial charge in [-0.25, -0.2) is 4.99 Å². The van der Waals surface area contributed by atoms with E-state index in [4.69, 9.17) is 4.99 Å². The molecule has 2 unspecified atom stereocenters. The molecular formula is C20H30IN5S. The average Bonchev–Trinajstić information content (AvgIpc) is 3.33. The molecule has 0 radical (unpaired) electrons. The molecule has 27 heavy (non-hydrogen) atoms. The maximum atomic E-state index is 4.85. The molecule has 3 rings (SSSR count). The van der Waals surface area contributed by atoms with Crippen molar-refractivity contribution in [1.82, 2.24) is 20.4 Å². The Balaban J connectivity index is 0.00000261. The van der Waals surface area contributed by atoms with Crippen LogP contribution in [0.3, 0.4) is 0 Å². The molecule has 1 heterocycles. The minimum Gasteiger partial charge on any atom is -0.357 e. The van der Waals surface area contributed by atoms with Gasteiger partial charge in [0, 0.05) is 30.2 Å². The van der Waals surface area contributed by atoms with E-state index in [2.05, 4.69) is 53.2 Å². The van der Waals surface area contributed by atoms with Gasteiger partial charge in [-0.15, -0.1) is 24.0 Å². The number of rotatable bonds is 7. The number of hydrogen-bond acceptors (Lipinski definition) is 3. The molecule has 1 aromatic heterocycles. The zero-order valence-electron chi connectivity index (χ0n) is 16.1. The van der Waals surface area contributed by atoms with Gasteiger partial charge in [-0.1, -0.05) is 24.3 Å². The Morgan fingerprint density at radius 1 is 1.26 bits per heavy atom. The van der Waals surface area contributed by atoms with Crippen LogP contribution in [0.5, 0.6) is 0 Å². The fraction of sp³-hybridized carbons (Fsp3) is 0.500. The van der Waals surface area contributed by atoms with Crippen molar-refractivity contribution in [1.29, 1.82) is 0 Å². The molecule has 2 atom stereocenters. The van der Waals surface area contributed by atoms with Crippen molar-refractivity contribution in [3.8, 4) is 0 Å². The van der Waals surface area contributed by atoms with Crippen molar-refractivity contribution in [2.24, 2.45) is 4.99 Å². The first kappa shape index (κ1) is 22.1. The highest BCUT2D eigenvalue weighted by molar-refractivity contribution is 14.0. The molecule has 0 spiro atoms. The molecule has 2 N–H and O–H groups in total. The van der Waals surface area contributed by atoms with E-state index in [1.165, 1.54) is 30.4 Å². The van der Waals surface area contributed by atoms with Crippen LogP contribution in [0.25, 0.3) is 0 Å². The van der Waals surface area contributed by atoms with Gasteiger partial charge in [0.2, 0.25) is 0 Å². The molecule has 5 nitrogen and oxygen atoms in total. The van der Waals surface area contributed by atoms with Gasteiger partial charge in [-0.2, -0.15) is 16.9 Å². The summed E-state index contributed by atoms with van der Waals surface area (Å²) in [5.74, 6) is 0.924. The highest BCUT2D eigenvalue weighted by Gasteiger charge is 2.24. The number of guanidine groups is 1. The fourth-order valence-electron chi connectivity index (χ4n) is 3.40. The predicted octanol–water partition coefficient (Wildman–Crippen LogP) is 3.89. The highest BCUT2D eigenvalue weighted by atomic mass is 127. The van der Waals surface area contributed by atoms with Crippen LogP contribution in [0.2, 0.25) is 0 Å². The van der Waals surface area contributed by atoms with Gasteiger partial charge in [0.05, 0.1) is 13.1 Å². The Bertz CT molecular complexity index is 704. The van der Waals surface area contributed by atoms with E-state index in [9.17, 15) is 0 Å². The largest absolute Gasteiger partial charge is 0.357 e. The Labute approximate surface area is 183 Å². The molecule has 1 aromatic carbocycles. The molecule has 0 bridgehead atoms. The summed E-state index contributed by atoms with van der Waals surface area (Å²) in [6, 6.07) is 11.0. The Hall–Kier alpha value is -1.22. The summed E-state index contributed by atoms with van der Waals surface area (Å²) < 4.78 is 1.95. The van der Waals surface area contributed by atoms with Crippen LogP contribution in [-0.4, -0.2) is 39.8 Å². The van der Waals surface area contributed by atoms with Gasteiger partial charge in [-0.3, -0.25) is 4.68 Å². The predicted molar refractivity (Wildman–Crippen MR) is 126 cm³/mol. The molecule has 1 fully saturated rings. The van der Waals surface area contributed by atoms with Crippen LogP contribution in [0.1, 0.15) is 37.3 Å². The Kier molecular flexibility index (Phi) is 9.47. The average molecular weight is 499 g/mol. The minimum atomic E-state index is 0. The van der Waals surface area contributed by atoms with Crippen molar-refractivity contribution < 1.29 is 0 Å². The van der Waals surface area contributed by atoms with E-state index in [0.29, 0.717) is 12.6 Å². The summed E-state index contributed by atoms with van der Waals surface area (Å²) >= 11 is 1.98. The van der Waals surface area contributed by atoms with Gasteiger partial charge in [0.1, 0.15) is 0 Å². The third-order valence-electron chi connectivity index (χ3n) is 4.82. The van der Waals surface area contributed by atoms with Crippen molar-refractivity contribution >= 4 is 41.7 Å². The van der Waals surface area contributed by atoms with Gasteiger partial charge in [0.15, 0.2) is 5.96 Å². The second-order valence-corrected chi connectivity index (χ2v) is 7.82. The smallest absolute Gasteiger partial charge is 0.191 e. The normalized spacial score (nSPS) is 19.6. The Morgan fingerprint density at radius 2 is 2.07 bits per heavy atom. The van der Waals surface area contributed by atoms with Crippen LogP contribution in [0.15, 0.2) is 47.7 Å². The summed E-state index contributed by atoms with van der Waals surface area (Å²) in [6.45, 7) is 4.44. The summed E-state index contributed by atoms with van der Waals surface area (Å²) in [6.07, 6.45) is 9.77. The standard InChI is InChI=1S/C20H29N5S.HI/c1-3-21-20(24-18-9-10-19(13-18)26-2)22-14-16-7-4-5-8-17(16)15-25-12-6-11-23-25;/h4-8,11-12,18-19H,3,9-10,13-15H2,1-2H3,(H2,21,22,24);1H. The first-order chi connectivity index (χ1) is 12.8. The van der Waals surface area contributed by atoms with Gasteiger partial charge >= 0.3 is 0 Å². The molecular weight excluding hydrogens is 469 g/mol. The highest BCUT2D eigenvalue weighted by Crippen LogP contribution is 2.28. The van der Waals surface area contributed by atoms with Crippen LogP contribution in [0, 0.1) is 0 Å². The van der Waals surface area contributed by atoms with Crippen LogP contribution in [-0.2, 0) is 13.1 Å². The fourth-order valence-corrected chi connectivity index (χ4v) is 4.19. The molecule has 0 amide bonds. The zero-order valence-corrected chi connectivity index (χ0v) is 19.2. The zero-order chi connectivity index (χ0) is 18.2. The van der Waals surface area contributed by atoms with Crippen molar-refractivity contribution in [2.75, 3.05) is 12.8 Å². The number of nitrogens with zero attached hydrogens (tertiary/aromatic N) is 3. The van der Waals surface area contributed by atoms with E-state index in [1.54, 1.807) is 0 Å². The molecule has 1 aliphatic carbocycles. The van der Waals surface area contributed by atoms with Crippen LogP contribution >= 0.6 is 35.7 Å². The SMILES string of the molecule is CCNC(=NCc1ccccc1Cn1cccn1)NC1CCC(SC)C1.I. The number of benzene rings is 1. The monoisotopic (exact) mass is 499 g/mol. The number of halogens is 1. The molecule has 1 saturated carbocycles. The van der Waals surface area contributed by atoms with E-state index >= 15 is 0 Å². The summed E-state index contributed by atoms with van der Waals surface area (Å²) in [4.78, 5) is 4.85. The van der Waals surface area contributed by atoms with Crippen molar-refractivity contribution in [2.45, 2.75) is 50.6 Å².